The molecule has 3 aliphatic rings. The number of rotatable bonds is 5. The van der Waals surface area contributed by atoms with Crippen molar-refractivity contribution in [2.45, 2.75) is 88.1 Å². The molecule has 3 atom stereocenters. The minimum atomic E-state index is -0.254. The zero-order valence-electron chi connectivity index (χ0n) is 15.8. The van der Waals surface area contributed by atoms with Crippen molar-refractivity contribution < 1.29 is 9.31 Å². The van der Waals surface area contributed by atoms with Crippen molar-refractivity contribution in [3.05, 3.63) is 35.9 Å². The summed E-state index contributed by atoms with van der Waals surface area (Å²) in [6.07, 6.45) is 14.7. The Balaban J connectivity index is 1.44. The van der Waals surface area contributed by atoms with Crippen molar-refractivity contribution in [3.8, 4) is 0 Å². The SMILES string of the molecule is Cl[C@H](Cc1ccccc1)B1OC(C2CCCCC2)[C@@H](C2CCCCC2)O1. The quantitative estimate of drug-likeness (QED) is 0.478. The summed E-state index contributed by atoms with van der Waals surface area (Å²) in [4.78, 5) is 0. The van der Waals surface area contributed by atoms with E-state index in [-0.39, 0.29) is 24.6 Å². The number of benzene rings is 1. The van der Waals surface area contributed by atoms with Crippen molar-refractivity contribution in [3.63, 3.8) is 0 Å². The summed E-state index contributed by atoms with van der Waals surface area (Å²) in [5.74, 6) is 1.34. The van der Waals surface area contributed by atoms with Crippen LogP contribution in [0.2, 0.25) is 0 Å². The molecule has 1 heterocycles. The molecule has 3 fully saturated rings. The molecule has 0 bridgehead atoms. The highest BCUT2D eigenvalue weighted by Gasteiger charge is 2.49. The molecule has 1 aliphatic heterocycles. The number of hydrogen-bond donors (Lipinski definition) is 0. The van der Waals surface area contributed by atoms with Crippen LogP contribution >= 0.6 is 11.6 Å². The molecule has 26 heavy (non-hydrogen) atoms. The second-order valence-electron chi connectivity index (χ2n) is 8.57. The molecule has 1 saturated heterocycles. The molecule has 2 aliphatic carbocycles. The lowest BCUT2D eigenvalue weighted by atomic mass is 9.77. The van der Waals surface area contributed by atoms with Crippen LogP contribution in [0.15, 0.2) is 30.3 Å². The zero-order chi connectivity index (χ0) is 17.8. The maximum absolute atomic E-state index is 6.78. The third-order valence-corrected chi connectivity index (χ3v) is 7.06. The van der Waals surface area contributed by atoms with E-state index in [1.54, 1.807) is 0 Å². The topological polar surface area (TPSA) is 18.5 Å². The van der Waals surface area contributed by atoms with Gasteiger partial charge in [-0.2, -0.15) is 0 Å². The Morgan fingerprint density at radius 2 is 1.31 bits per heavy atom. The first-order valence-electron chi connectivity index (χ1n) is 10.8. The van der Waals surface area contributed by atoms with Gasteiger partial charge in [-0.25, -0.2) is 0 Å². The van der Waals surface area contributed by atoms with Gasteiger partial charge in [0.2, 0.25) is 0 Å². The fourth-order valence-electron chi connectivity index (χ4n) is 5.29. The number of halogens is 1. The third-order valence-electron chi connectivity index (χ3n) is 6.70. The predicted molar refractivity (Wildman–Crippen MR) is 108 cm³/mol. The van der Waals surface area contributed by atoms with Gasteiger partial charge in [0.1, 0.15) is 0 Å². The summed E-state index contributed by atoms with van der Waals surface area (Å²) in [7, 11) is -0.254. The summed E-state index contributed by atoms with van der Waals surface area (Å²) in [5, 5.41) is -0.114. The van der Waals surface area contributed by atoms with Gasteiger partial charge in [-0.05, 0) is 49.5 Å². The molecular weight excluding hydrogens is 343 g/mol. The first-order chi connectivity index (χ1) is 12.8. The second kappa shape index (κ2) is 9.12. The van der Waals surface area contributed by atoms with Gasteiger partial charge in [-0.1, -0.05) is 68.9 Å². The summed E-state index contributed by atoms with van der Waals surface area (Å²) < 4.78 is 13.1. The van der Waals surface area contributed by atoms with Gasteiger partial charge in [-0.3, -0.25) is 0 Å². The molecule has 142 valence electrons. The predicted octanol–water partition coefficient (Wildman–Crippen LogP) is 5.81. The average molecular weight is 375 g/mol. The monoisotopic (exact) mass is 374 g/mol. The van der Waals surface area contributed by atoms with E-state index in [2.05, 4.69) is 24.3 Å². The maximum Gasteiger partial charge on any atom is 0.476 e. The van der Waals surface area contributed by atoms with E-state index in [0.29, 0.717) is 11.8 Å². The molecular formula is C22H32BClO2. The van der Waals surface area contributed by atoms with Crippen molar-refractivity contribution >= 4 is 18.7 Å². The van der Waals surface area contributed by atoms with Crippen LogP contribution < -0.4 is 0 Å². The second-order valence-corrected chi connectivity index (χ2v) is 9.13. The minimum absolute atomic E-state index is 0.114. The van der Waals surface area contributed by atoms with Gasteiger partial charge in [0.05, 0.1) is 17.5 Å². The van der Waals surface area contributed by atoms with E-state index in [0.717, 1.165) is 6.42 Å². The molecule has 0 aromatic heterocycles. The third kappa shape index (κ3) is 4.48. The van der Waals surface area contributed by atoms with Crippen LogP contribution in [0.3, 0.4) is 0 Å². The molecule has 4 heteroatoms. The summed E-state index contributed by atoms with van der Waals surface area (Å²) in [5.41, 5.74) is 1.26. The van der Waals surface area contributed by atoms with Crippen molar-refractivity contribution in [1.29, 1.82) is 0 Å². The van der Waals surface area contributed by atoms with Gasteiger partial charge in [-0.15, -0.1) is 11.6 Å². The van der Waals surface area contributed by atoms with Crippen LogP contribution in [0.1, 0.15) is 69.8 Å². The normalized spacial score (nSPS) is 29.8. The maximum atomic E-state index is 6.78. The molecule has 0 N–H and O–H groups in total. The molecule has 4 rings (SSSR count). The van der Waals surface area contributed by atoms with Gasteiger partial charge < -0.3 is 9.31 Å². The molecule has 1 aromatic carbocycles. The highest BCUT2D eigenvalue weighted by molar-refractivity contribution is 6.59. The van der Waals surface area contributed by atoms with Crippen molar-refractivity contribution in [2.75, 3.05) is 0 Å². The van der Waals surface area contributed by atoms with E-state index in [1.165, 1.54) is 69.8 Å². The Morgan fingerprint density at radius 1 is 0.808 bits per heavy atom. The Hall–Kier alpha value is -0.505. The largest absolute Gasteiger partial charge is 0.476 e. The molecule has 0 spiro atoms. The standard InChI is InChI=1S/C22H32BClO2/c24-20(16-17-10-4-1-5-11-17)23-25-21(18-12-6-2-7-13-18)22(26-23)19-14-8-3-9-15-19/h1,4-5,10-11,18-22H,2-3,6-9,12-16H2/t20-,21-,22?/m1/s1. The Morgan fingerprint density at radius 3 is 1.81 bits per heavy atom. The lowest BCUT2D eigenvalue weighted by Crippen LogP contribution is -2.38. The molecule has 1 unspecified atom stereocenters. The fraction of sp³-hybridized carbons (Fsp3) is 0.727. The van der Waals surface area contributed by atoms with Crippen LogP contribution in [-0.4, -0.2) is 24.6 Å². The first-order valence-corrected chi connectivity index (χ1v) is 11.2. The van der Waals surface area contributed by atoms with Crippen molar-refractivity contribution in [2.24, 2.45) is 11.8 Å². The molecule has 2 nitrogen and oxygen atoms in total. The van der Waals surface area contributed by atoms with E-state index in [9.17, 15) is 0 Å². The van der Waals surface area contributed by atoms with E-state index >= 15 is 0 Å². The fourth-order valence-corrected chi connectivity index (χ4v) is 5.58. The molecule has 0 radical (unpaired) electrons. The molecule has 2 saturated carbocycles. The van der Waals surface area contributed by atoms with Gasteiger partial charge in [0.15, 0.2) is 0 Å². The van der Waals surface area contributed by atoms with Crippen LogP contribution in [-0.2, 0) is 15.7 Å². The summed E-state index contributed by atoms with van der Waals surface area (Å²) in [6.45, 7) is 0. The summed E-state index contributed by atoms with van der Waals surface area (Å²) in [6, 6.07) is 10.5. The first kappa shape index (κ1) is 18.8. The average Bonchev–Trinajstić information content (AvgIpc) is 3.16. The molecule has 0 amide bonds. The highest BCUT2D eigenvalue weighted by atomic mass is 35.5. The molecule has 1 aromatic rings. The van der Waals surface area contributed by atoms with E-state index < -0.39 is 0 Å². The minimum Gasteiger partial charge on any atom is -0.404 e. The van der Waals surface area contributed by atoms with Crippen LogP contribution in [0.4, 0.5) is 0 Å². The zero-order valence-corrected chi connectivity index (χ0v) is 16.6. The lowest BCUT2D eigenvalue weighted by molar-refractivity contribution is 0.0324. The van der Waals surface area contributed by atoms with Crippen LogP contribution in [0, 0.1) is 11.8 Å². The van der Waals surface area contributed by atoms with E-state index in [1.807, 2.05) is 6.07 Å². The Bertz CT molecular complexity index is 516. The Labute approximate surface area is 164 Å². The highest BCUT2D eigenvalue weighted by Crippen LogP contribution is 2.41. The smallest absolute Gasteiger partial charge is 0.404 e. The van der Waals surface area contributed by atoms with Crippen molar-refractivity contribution in [1.82, 2.24) is 0 Å². The van der Waals surface area contributed by atoms with Crippen LogP contribution in [0.5, 0.6) is 0 Å². The van der Waals surface area contributed by atoms with Crippen LogP contribution in [0.25, 0.3) is 0 Å². The summed E-state index contributed by atoms with van der Waals surface area (Å²) >= 11 is 6.78. The Kier molecular flexibility index (Phi) is 6.61. The van der Waals surface area contributed by atoms with Gasteiger partial charge >= 0.3 is 7.12 Å². The number of hydrogen-bond acceptors (Lipinski definition) is 2. The lowest BCUT2D eigenvalue weighted by Gasteiger charge is -2.35. The van der Waals surface area contributed by atoms with Gasteiger partial charge in [0, 0.05) is 0 Å². The van der Waals surface area contributed by atoms with Gasteiger partial charge in [0.25, 0.3) is 0 Å². The van der Waals surface area contributed by atoms with E-state index in [4.69, 9.17) is 20.9 Å². The number of alkyl halides is 1.